The maximum atomic E-state index is 12.2. The van der Waals surface area contributed by atoms with Gasteiger partial charge in [-0.05, 0) is 62.9 Å². The molecule has 0 aliphatic carbocycles. The predicted octanol–water partition coefficient (Wildman–Crippen LogP) is 3.55. The number of rotatable bonds is 9. The van der Waals surface area contributed by atoms with E-state index in [0.717, 1.165) is 11.3 Å². The Kier molecular flexibility index (Phi) is 8.62. The number of hydrogen-bond donors (Lipinski definition) is 1. The fourth-order valence-corrected chi connectivity index (χ4v) is 5.96. The number of nitrogens with zero attached hydrogens (tertiary/aromatic N) is 7. The molecule has 1 amide bonds. The molecule has 11 nitrogen and oxygen atoms in total. The van der Waals surface area contributed by atoms with E-state index in [4.69, 9.17) is 0 Å². The highest BCUT2D eigenvalue weighted by Crippen LogP contribution is 2.33. The Hall–Kier alpha value is -3.82. The maximum Gasteiger partial charge on any atom is 0.253 e. The number of nitriles is 1. The summed E-state index contributed by atoms with van der Waals surface area (Å²) in [6, 6.07) is 11.2. The van der Waals surface area contributed by atoms with Crippen molar-refractivity contribution in [3.8, 4) is 17.3 Å². The van der Waals surface area contributed by atoms with Gasteiger partial charge in [-0.1, -0.05) is 0 Å². The van der Waals surface area contributed by atoms with Gasteiger partial charge in [0, 0.05) is 56.4 Å². The number of nitrogens with one attached hydrogen (secondary N) is 1. The summed E-state index contributed by atoms with van der Waals surface area (Å²) in [5, 5.41) is 17.7. The number of anilines is 2. The van der Waals surface area contributed by atoms with Crippen molar-refractivity contribution in [1.82, 2.24) is 29.0 Å². The van der Waals surface area contributed by atoms with Crippen LogP contribution in [0.1, 0.15) is 43.1 Å². The minimum Gasteiger partial charge on any atom is -0.345 e. The number of sulfonamides is 1. The maximum absolute atomic E-state index is 12.2. The van der Waals surface area contributed by atoms with Crippen molar-refractivity contribution in [3.05, 3.63) is 54.5 Å². The molecular weight excluding hydrogens is 516 g/mol. The molecule has 2 unspecified atom stereocenters. The monoisotopic (exact) mass is 550 g/mol. The van der Waals surface area contributed by atoms with Crippen molar-refractivity contribution in [1.29, 1.82) is 5.26 Å². The molecule has 0 bridgehead atoms. The van der Waals surface area contributed by atoms with Crippen molar-refractivity contribution in [2.75, 3.05) is 38.3 Å². The van der Waals surface area contributed by atoms with Gasteiger partial charge >= 0.3 is 0 Å². The van der Waals surface area contributed by atoms with E-state index in [2.05, 4.69) is 26.5 Å². The van der Waals surface area contributed by atoms with Gasteiger partial charge in [0.1, 0.15) is 0 Å². The topological polar surface area (TPSA) is 137 Å². The van der Waals surface area contributed by atoms with Gasteiger partial charge in [-0.25, -0.2) is 22.7 Å². The summed E-state index contributed by atoms with van der Waals surface area (Å²) in [6.45, 7) is 4.51. The van der Waals surface area contributed by atoms with Crippen molar-refractivity contribution < 1.29 is 13.2 Å². The first-order valence-corrected chi connectivity index (χ1v) is 14.6. The van der Waals surface area contributed by atoms with E-state index in [1.807, 2.05) is 13.1 Å². The molecule has 0 spiro atoms. The largest absolute Gasteiger partial charge is 0.345 e. The van der Waals surface area contributed by atoms with Crippen molar-refractivity contribution in [2.24, 2.45) is 11.8 Å². The second kappa shape index (κ2) is 11.9. The summed E-state index contributed by atoms with van der Waals surface area (Å²) >= 11 is 0. The summed E-state index contributed by atoms with van der Waals surface area (Å²) in [5.74, 6) is 0.226. The zero-order valence-electron chi connectivity index (χ0n) is 22.6. The van der Waals surface area contributed by atoms with Gasteiger partial charge in [-0.2, -0.15) is 10.4 Å². The third kappa shape index (κ3) is 6.43. The standard InChI is InChI=1S/C27H34N8O3S/c1-5-39(37,38)34-14-11-20(12-15-34)24(16-28)19(2)35-18-22(17-30-35)25-10-13-29-27(32-25)31-23-8-6-21(7-9-23)26(36)33(3)4/h6-10,13,17-20,24H,5,11-12,14-15H2,1-4H3,(H,29,31,32). The lowest BCUT2D eigenvalue weighted by Crippen LogP contribution is -2.41. The van der Waals surface area contributed by atoms with E-state index >= 15 is 0 Å². The van der Waals surface area contributed by atoms with Gasteiger partial charge in [-0.3, -0.25) is 9.48 Å². The zero-order valence-corrected chi connectivity index (χ0v) is 23.5. The van der Waals surface area contributed by atoms with Gasteiger partial charge in [0.2, 0.25) is 16.0 Å². The Morgan fingerprint density at radius 3 is 2.51 bits per heavy atom. The van der Waals surface area contributed by atoms with E-state index in [9.17, 15) is 18.5 Å². The molecule has 12 heteroatoms. The lowest BCUT2D eigenvalue weighted by atomic mass is 9.82. The third-order valence-corrected chi connectivity index (χ3v) is 9.08. The lowest BCUT2D eigenvalue weighted by molar-refractivity contribution is 0.0827. The number of aromatic nitrogens is 4. The van der Waals surface area contributed by atoms with E-state index in [-0.39, 0.29) is 29.5 Å². The average molecular weight is 551 g/mol. The number of hydrogen-bond acceptors (Lipinski definition) is 8. The Morgan fingerprint density at radius 1 is 1.21 bits per heavy atom. The Balaban J connectivity index is 1.43. The van der Waals surface area contributed by atoms with Gasteiger partial charge in [0.25, 0.3) is 5.91 Å². The van der Waals surface area contributed by atoms with Gasteiger partial charge in [0.15, 0.2) is 0 Å². The molecule has 39 heavy (non-hydrogen) atoms. The minimum absolute atomic E-state index is 0.0698. The number of carbonyl (C=O) groups is 1. The van der Waals surface area contributed by atoms with Crippen LogP contribution in [0, 0.1) is 23.2 Å². The Morgan fingerprint density at radius 2 is 1.90 bits per heavy atom. The van der Waals surface area contributed by atoms with Crippen LogP contribution in [0.25, 0.3) is 11.3 Å². The van der Waals surface area contributed by atoms with Gasteiger partial charge < -0.3 is 10.2 Å². The molecule has 206 valence electrons. The molecule has 2 aromatic heterocycles. The molecule has 1 aliphatic heterocycles. The molecule has 1 saturated heterocycles. The lowest BCUT2D eigenvalue weighted by Gasteiger charge is -2.34. The van der Waals surface area contributed by atoms with E-state index < -0.39 is 10.0 Å². The highest BCUT2D eigenvalue weighted by Gasteiger charge is 2.34. The van der Waals surface area contributed by atoms with Crippen molar-refractivity contribution in [3.63, 3.8) is 0 Å². The van der Waals surface area contributed by atoms with Crippen LogP contribution in [-0.2, 0) is 10.0 Å². The van der Waals surface area contributed by atoms with Crippen LogP contribution in [0.15, 0.2) is 48.9 Å². The predicted molar refractivity (Wildman–Crippen MR) is 149 cm³/mol. The first-order chi connectivity index (χ1) is 18.6. The van der Waals surface area contributed by atoms with E-state index in [0.29, 0.717) is 43.1 Å². The quantitative estimate of drug-likeness (QED) is 0.427. The average Bonchev–Trinajstić information content (AvgIpc) is 3.44. The summed E-state index contributed by atoms with van der Waals surface area (Å²) in [4.78, 5) is 22.6. The normalized spacial score (nSPS) is 16.3. The molecular formula is C27H34N8O3S. The number of piperidine rings is 1. The van der Waals surface area contributed by atoms with Crippen LogP contribution in [0.5, 0.6) is 0 Å². The third-order valence-electron chi connectivity index (χ3n) is 7.20. The fraction of sp³-hybridized carbons (Fsp3) is 0.444. The first kappa shape index (κ1) is 28.2. The summed E-state index contributed by atoms with van der Waals surface area (Å²) in [6.07, 6.45) is 6.56. The SMILES string of the molecule is CCS(=O)(=O)N1CCC(C(C#N)C(C)n2cc(-c3ccnc(Nc4ccc(C(=O)N(C)C)cc4)n3)cn2)CC1. The molecule has 4 rings (SSSR count). The molecule has 1 aromatic carbocycles. The van der Waals surface area contributed by atoms with Crippen LogP contribution in [0.2, 0.25) is 0 Å². The van der Waals surface area contributed by atoms with E-state index in [1.54, 1.807) is 68.4 Å². The van der Waals surface area contributed by atoms with E-state index in [1.165, 1.54) is 9.21 Å². The first-order valence-electron chi connectivity index (χ1n) is 13.0. The molecule has 1 N–H and O–H groups in total. The number of benzene rings is 1. The van der Waals surface area contributed by atoms with Gasteiger partial charge in [-0.15, -0.1) is 0 Å². The fourth-order valence-electron chi connectivity index (χ4n) is 4.82. The van der Waals surface area contributed by atoms with Crippen LogP contribution >= 0.6 is 0 Å². The second-order valence-electron chi connectivity index (χ2n) is 9.91. The zero-order chi connectivity index (χ0) is 28.2. The molecule has 1 fully saturated rings. The highest BCUT2D eigenvalue weighted by molar-refractivity contribution is 7.89. The number of carbonyl (C=O) groups excluding carboxylic acids is 1. The Bertz CT molecular complexity index is 1440. The van der Waals surface area contributed by atoms with Crippen molar-refractivity contribution in [2.45, 2.75) is 32.7 Å². The molecule has 3 aromatic rings. The highest BCUT2D eigenvalue weighted by atomic mass is 32.2. The minimum atomic E-state index is -3.21. The van der Waals surface area contributed by atoms with Crippen molar-refractivity contribution >= 4 is 27.6 Å². The summed E-state index contributed by atoms with van der Waals surface area (Å²) in [5.41, 5.74) is 2.81. The van der Waals surface area contributed by atoms with Crippen LogP contribution < -0.4 is 5.32 Å². The Labute approximate surface area is 229 Å². The van der Waals surface area contributed by atoms with Crippen LogP contribution in [0.3, 0.4) is 0 Å². The number of amides is 1. The molecule has 0 saturated carbocycles. The van der Waals surface area contributed by atoms with Crippen LogP contribution in [-0.4, -0.2) is 76.2 Å². The summed E-state index contributed by atoms with van der Waals surface area (Å²) in [7, 11) is 0.213. The smallest absolute Gasteiger partial charge is 0.253 e. The second-order valence-corrected chi connectivity index (χ2v) is 12.2. The van der Waals surface area contributed by atoms with Crippen LogP contribution in [0.4, 0.5) is 11.6 Å². The molecule has 1 aliphatic rings. The molecule has 0 radical (unpaired) electrons. The molecule has 3 heterocycles. The summed E-state index contributed by atoms with van der Waals surface area (Å²) < 4.78 is 27.7. The molecule has 2 atom stereocenters. The van der Waals surface area contributed by atoms with Gasteiger partial charge in [0.05, 0.1) is 35.7 Å².